The molecule has 1 aliphatic heterocycles. The highest BCUT2D eigenvalue weighted by atomic mass is 127. The first-order valence-electron chi connectivity index (χ1n) is 9.27. The van der Waals surface area contributed by atoms with Gasteiger partial charge in [-0.1, -0.05) is 18.2 Å². The summed E-state index contributed by atoms with van der Waals surface area (Å²) in [5.41, 5.74) is 3.16. The van der Waals surface area contributed by atoms with E-state index in [2.05, 4.69) is 55.1 Å². The molecule has 1 aromatic heterocycles. The molecule has 1 amide bonds. The minimum absolute atomic E-state index is 0. The smallest absolute Gasteiger partial charge is 0.239 e. The number of nitrogens with zero attached hydrogens (tertiary/aromatic N) is 3. The van der Waals surface area contributed by atoms with E-state index in [9.17, 15) is 4.79 Å². The Bertz CT molecular complexity index is 766. The first kappa shape index (κ1) is 21.9. The summed E-state index contributed by atoms with van der Waals surface area (Å²) in [7, 11) is 0. The Morgan fingerprint density at radius 3 is 2.71 bits per heavy atom. The fraction of sp³-hybridized carbons (Fsp3) is 0.350. The molecule has 1 aliphatic rings. The number of hydrogen-bond donors (Lipinski definition) is 3. The topological polar surface area (TPSA) is 81.7 Å². The number of amides is 1. The Morgan fingerprint density at radius 2 is 2.04 bits per heavy atom. The number of halogens is 1. The van der Waals surface area contributed by atoms with Gasteiger partial charge in [0.15, 0.2) is 5.96 Å². The summed E-state index contributed by atoms with van der Waals surface area (Å²) in [5.74, 6) is 0.837. The van der Waals surface area contributed by atoms with E-state index in [4.69, 9.17) is 0 Å². The standard InChI is InChI=1S/C20H26N6O.HI/c1-2-21-20(25-14-17-5-3-4-10-22-17)24-13-16-6-8-18(9-7-16)26-12-11-23-19(27)15-26;/h3-10H,2,11-15H2,1H3,(H,23,27)(H2,21,24,25);1H. The average Bonchev–Trinajstić information content (AvgIpc) is 2.71. The van der Waals surface area contributed by atoms with E-state index < -0.39 is 0 Å². The predicted molar refractivity (Wildman–Crippen MR) is 123 cm³/mol. The average molecular weight is 494 g/mol. The highest BCUT2D eigenvalue weighted by Crippen LogP contribution is 2.16. The number of piperazine rings is 1. The summed E-state index contributed by atoms with van der Waals surface area (Å²) < 4.78 is 0. The summed E-state index contributed by atoms with van der Waals surface area (Å²) in [5, 5.41) is 9.39. The van der Waals surface area contributed by atoms with Crippen LogP contribution in [0.15, 0.2) is 53.7 Å². The fourth-order valence-electron chi connectivity index (χ4n) is 2.86. The summed E-state index contributed by atoms with van der Waals surface area (Å²) in [6.07, 6.45) is 1.79. The van der Waals surface area contributed by atoms with Crippen molar-refractivity contribution in [3.05, 3.63) is 59.9 Å². The van der Waals surface area contributed by atoms with Gasteiger partial charge >= 0.3 is 0 Å². The lowest BCUT2D eigenvalue weighted by Gasteiger charge is -2.28. The molecule has 28 heavy (non-hydrogen) atoms. The van der Waals surface area contributed by atoms with E-state index >= 15 is 0 Å². The van der Waals surface area contributed by atoms with Crippen LogP contribution in [0.3, 0.4) is 0 Å². The second-order valence-electron chi connectivity index (χ2n) is 6.31. The van der Waals surface area contributed by atoms with Gasteiger partial charge in [0.1, 0.15) is 0 Å². The van der Waals surface area contributed by atoms with Crippen LogP contribution in [0.2, 0.25) is 0 Å². The van der Waals surface area contributed by atoms with Crippen molar-refractivity contribution in [1.82, 2.24) is 20.9 Å². The molecule has 0 saturated carbocycles. The molecule has 0 spiro atoms. The minimum Gasteiger partial charge on any atom is -0.360 e. The Balaban J connectivity index is 0.00000280. The second kappa shape index (κ2) is 11.5. The number of guanidine groups is 1. The van der Waals surface area contributed by atoms with Crippen molar-refractivity contribution in [3.8, 4) is 0 Å². The first-order valence-corrected chi connectivity index (χ1v) is 9.27. The molecular weight excluding hydrogens is 467 g/mol. The SMILES string of the molecule is CCNC(=NCc1ccc(N2CCNC(=O)C2)cc1)NCc1ccccn1.I. The lowest BCUT2D eigenvalue weighted by atomic mass is 10.2. The Hall–Kier alpha value is -2.36. The predicted octanol–water partition coefficient (Wildman–Crippen LogP) is 1.89. The number of pyridine rings is 1. The molecule has 3 rings (SSSR count). The van der Waals surface area contributed by atoms with Crippen molar-refractivity contribution >= 4 is 41.5 Å². The van der Waals surface area contributed by atoms with Gasteiger partial charge in [0.05, 0.1) is 25.3 Å². The van der Waals surface area contributed by atoms with E-state index in [0.717, 1.165) is 36.0 Å². The molecule has 0 unspecified atom stereocenters. The summed E-state index contributed by atoms with van der Waals surface area (Å²) in [4.78, 5) is 22.6. The second-order valence-corrected chi connectivity index (χ2v) is 6.31. The van der Waals surface area contributed by atoms with Crippen LogP contribution in [0.4, 0.5) is 5.69 Å². The van der Waals surface area contributed by atoms with E-state index in [1.54, 1.807) is 6.20 Å². The van der Waals surface area contributed by atoms with Crippen LogP contribution < -0.4 is 20.9 Å². The molecule has 2 aromatic rings. The lowest BCUT2D eigenvalue weighted by molar-refractivity contribution is -0.120. The molecule has 1 aromatic carbocycles. The van der Waals surface area contributed by atoms with Crippen LogP contribution in [0, 0.1) is 0 Å². The normalized spacial score (nSPS) is 14.1. The van der Waals surface area contributed by atoms with Crippen LogP contribution >= 0.6 is 24.0 Å². The van der Waals surface area contributed by atoms with Gasteiger partial charge < -0.3 is 20.9 Å². The molecule has 8 heteroatoms. The van der Waals surface area contributed by atoms with Crippen molar-refractivity contribution in [3.63, 3.8) is 0 Å². The zero-order valence-corrected chi connectivity index (χ0v) is 18.3. The van der Waals surface area contributed by atoms with Crippen molar-refractivity contribution in [2.75, 3.05) is 31.1 Å². The maximum Gasteiger partial charge on any atom is 0.239 e. The quantitative estimate of drug-likeness (QED) is 0.325. The van der Waals surface area contributed by atoms with Gasteiger partial charge in [-0.15, -0.1) is 24.0 Å². The summed E-state index contributed by atoms with van der Waals surface area (Å²) >= 11 is 0. The Kier molecular flexibility index (Phi) is 8.99. The lowest BCUT2D eigenvalue weighted by Crippen LogP contribution is -2.47. The van der Waals surface area contributed by atoms with Crippen molar-refractivity contribution in [2.24, 2.45) is 4.99 Å². The third kappa shape index (κ3) is 6.66. The Morgan fingerprint density at radius 1 is 1.21 bits per heavy atom. The van der Waals surface area contributed by atoms with Gasteiger partial charge in [0, 0.05) is 31.5 Å². The van der Waals surface area contributed by atoms with Crippen LogP contribution in [-0.2, 0) is 17.9 Å². The number of carbonyl (C=O) groups excluding carboxylic acids is 1. The van der Waals surface area contributed by atoms with Crippen LogP contribution in [-0.4, -0.2) is 43.0 Å². The highest BCUT2D eigenvalue weighted by Gasteiger charge is 2.16. The first-order chi connectivity index (χ1) is 13.2. The van der Waals surface area contributed by atoms with Gasteiger partial charge in [-0.05, 0) is 36.8 Å². The van der Waals surface area contributed by atoms with E-state index in [1.165, 1.54) is 0 Å². The minimum atomic E-state index is 0. The zero-order chi connectivity index (χ0) is 18.9. The monoisotopic (exact) mass is 494 g/mol. The molecule has 0 bridgehead atoms. The number of anilines is 1. The van der Waals surface area contributed by atoms with Crippen LogP contribution in [0.5, 0.6) is 0 Å². The number of aliphatic imine (C=N–C) groups is 1. The highest BCUT2D eigenvalue weighted by molar-refractivity contribution is 14.0. The summed E-state index contributed by atoms with van der Waals surface area (Å²) in [6.45, 7) is 6.00. The molecule has 1 saturated heterocycles. The largest absolute Gasteiger partial charge is 0.360 e. The fourth-order valence-corrected chi connectivity index (χ4v) is 2.86. The molecule has 0 aliphatic carbocycles. The third-order valence-corrected chi connectivity index (χ3v) is 4.27. The van der Waals surface area contributed by atoms with Gasteiger partial charge in [-0.2, -0.15) is 0 Å². The number of benzene rings is 1. The van der Waals surface area contributed by atoms with Gasteiger partial charge in [0.25, 0.3) is 0 Å². The molecule has 7 nitrogen and oxygen atoms in total. The molecule has 0 atom stereocenters. The number of aromatic nitrogens is 1. The maximum atomic E-state index is 11.5. The van der Waals surface area contributed by atoms with E-state index in [1.807, 2.05) is 25.1 Å². The van der Waals surface area contributed by atoms with E-state index in [-0.39, 0.29) is 29.9 Å². The molecule has 0 radical (unpaired) electrons. The third-order valence-electron chi connectivity index (χ3n) is 4.27. The van der Waals surface area contributed by atoms with Gasteiger partial charge in [0.2, 0.25) is 5.91 Å². The number of rotatable bonds is 6. The molecule has 2 heterocycles. The van der Waals surface area contributed by atoms with Crippen molar-refractivity contribution < 1.29 is 4.79 Å². The van der Waals surface area contributed by atoms with Gasteiger partial charge in [-0.25, -0.2) is 4.99 Å². The van der Waals surface area contributed by atoms with E-state index in [0.29, 0.717) is 26.2 Å². The molecular formula is C20H27IN6O. The van der Waals surface area contributed by atoms with Crippen molar-refractivity contribution in [2.45, 2.75) is 20.0 Å². The van der Waals surface area contributed by atoms with Gasteiger partial charge in [-0.3, -0.25) is 9.78 Å². The zero-order valence-electron chi connectivity index (χ0n) is 16.0. The maximum absolute atomic E-state index is 11.5. The number of hydrogen-bond acceptors (Lipinski definition) is 4. The molecule has 3 N–H and O–H groups in total. The molecule has 1 fully saturated rings. The Labute approximate surface area is 183 Å². The van der Waals surface area contributed by atoms with Crippen LogP contribution in [0.25, 0.3) is 0 Å². The summed E-state index contributed by atoms with van der Waals surface area (Å²) in [6, 6.07) is 14.1. The van der Waals surface area contributed by atoms with Crippen molar-refractivity contribution in [1.29, 1.82) is 0 Å². The number of nitrogens with one attached hydrogen (secondary N) is 3. The van der Waals surface area contributed by atoms with Crippen LogP contribution in [0.1, 0.15) is 18.2 Å². The number of carbonyl (C=O) groups is 1. The molecule has 150 valence electrons.